The van der Waals surface area contributed by atoms with Crippen LogP contribution >= 0.6 is 0 Å². The smallest absolute Gasteiger partial charge is 0.303 e. The molecule has 0 heterocycles. The Morgan fingerprint density at radius 1 is 1.53 bits per heavy atom. The molecule has 2 nitrogen and oxygen atoms in total. The van der Waals surface area contributed by atoms with Gasteiger partial charge in [0.25, 0.3) is 0 Å². The molecule has 0 radical (unpaired) electrons. The lowest BCUT2D eigenvalue weighted by molar-refractivity contribution is -0.136. The van der Waals surface area contributed by atoms with Crippen molar-refractivity contribution in [3.05, 3.63) is 41.2 Å². The van der Waals surface area contributed by atoms with E-state index in [1.807, 2.05) is 0 Å². The van der Waals surface area contributed by atoms with Crippen LogP contribution < -0.4 is 0 Å². The third-order valence-electron chi connectivity index (χ3n) is 2.02. The Kier molecular flexibility index (Phi) is 4.03. The van der Waals surface area contributed by atoms with Crippen LogP contribution in [0.25, 0.3) is 6.08 Å². The predicted octanol–water partition coefficient (Wildman–Crippen LogP) is 3.01. The van der Waals surface area contributed by atoms with Gasteiger partial charge in [0.1, 0.15) is 5.82 Å². The lowest BCUT2D eigenvalue weighted by Crippen LogP contribution is -1.91. The number of carboxylic acid groups (broad SMARTS) is 1. The molecule has 80 valence electrons. The van der Waals surface area contributed by atoms with Gasteiger partial charge in [-0.05, 0) is 36.6 Å². The number of aryl methyl sites for hydroxylation is 1. The molecule has 0 bridgehead atoms. The van der Waals surface area contributed by atoms with Crippen molar-refractivity contribution >= 4 is 12.0 Å². The summed E-state index contributed by atoms with van der Waals surface area (Å²) in [5, 5.41) is 8.41. The molecule has 0 unspecified atom stereocenters. The average Bonchev–Trinajstić information content (AvgIpc) is 2.18. The van der Waals surface area contributed by atoms with Crippen LogP contribution in [0.15, 0.2) is 24.3 Å². The van der Waals surface area contributed by atoms with E-state index in [1.54, 1.807) is 31.2 Å². The summed E-state index contributed by atoms with van der Waals surface area (Å²) in [5.41, 5.74) is 1.48. The molecule has 1 rings (SSSR count). The van der Waals surface area contributed by atoms with E-state index >= 15 is 0 Å². The van der Waals surface area contributed by atoms with E-state index in [4.69, 9.17) is 5.11 Å². The summed E-state index contributed by atoms with van der Waals surface area (Å²) >= 11 is 0. The van der Waals surface area contributed by atoms with Crippen molar-refractivity contribution in [3.8, 4) is 0 Å². The molecule has 0 aliphatic carbocycles. The summed E-state index contributed by atoms with van der Waals surface area (Å²) in [6, 6.07) is 4.80. The van der Waals surface area contributed by atoms with Crippen molar-refractivity contribution in [2.24, 2.45) is 0 Å². The van der Waals surface area contributed by atoms with Gasteiger partial charge in [0.05, 0.1) is 0 Å². The molecule has 0 amide bonds. The first-order valence-corrected chi connectivity index (χ1v) is 4.74. The van der Waals surface area contributed by atoms with E-state index in [0.29, 0.717) is 12.0 Å². The van der Waals surface area contributed by atoms with Crippen molar-refractivity contribution in [1.82, 2.24) is 0 Å². The van der Waals surface area contributed by atoms with Crippen LogP contribution in [0.1, 0.15) is 24.0 Å². The van der Waals surface area contributed by atoms with Gasteiger partial charge in [-0.25, -0.2) is 4.39 Å². The molecule has 0 saturated carbocycles. The van der Waals surface area contributed by atoms with Crippen LogP contribution in [-0.4, -0.2) is 11.1 Å². The predicted molar refractivity (Wildman–Crippen MR) is 57.0 cm³/mol. The molecule has 0 spiro atoms. The van der Waals surface area contributed by atoms with Crippen LogP contribution in [0.3, 0.4) is 0 Å². The number of allylic oxidation sites excluding steroid dienone is 1. The number of hydrogen-bond donors (Lipinski definition) is 1. The highest BCUT2D eigenvalue weighted by molar-refractivity contribution is 5.67. The van der Waals surface area contributed by atoms with Gasteiger partial charge in [-0.2, -0.15) is 0 Å². The first kappa shape index (κ1) is 11.4. The summed E-state index contributed by atoms with van der Waals surface area (Å²) in [6.45, 7) is 1.70. The summed E-state index contributed by atoms with van der Waals surface area (Å²) in [5.74, 6) is -1.03. The van der Waals surface area contributed by atoms with Crippen molar-refractivity contribution in [2.75, 3.05) is 0 Å². The minimum atomic E-state index is -0.810. The van der Waals surface area contributed by atoms with Crippen molar-refractivity contribution in [2.45, 2.75) is 19.8 Å². The molecule has 1 N–H and O–H groups in total. The highest BCUT2D eigenvalue weighted by atomic mass is 19.1. The monoisotopic (exact) mass is 208 g/mol. The standard InChI is InChI=1S/C12H13FO2/c1-9-8-10(6-7-11(9)13)4-2-3-5-12(14)15/h2,4,6-8H,3,5H2,1H3,(H,14,15). The summed E-state index contributed by atoms with van der Waals surface area (Å²) in [4.78, 5) is 10.2. The molecule has 1 aromatic carbocycles. The van der Waals surface area contributed by atoms with Crippen LogP contribution in [0.4, 0.5) is 4.39 Å². The minimum Gasteiger partial charge on any atom is -0.481 e. The lowest BCUT2D eigenvalue weighted by Gasteiger charge is -1.97. The normalized spacial score (nSPS) is 10.8. The van der Waals surface area contributed by atoms with E-state index in [1.165, 1.54) is 6.07 Å². The van der Waals surface area contributed by atoms with Crippen LogP contribution in [0.2, 0.25) is 0 Å². The van der Waals surface area contributed by atoms with Crippen LogP contribution in [-0.2, 0) is 4.79 Å². The van der Waals surface area contributed by atoms with Crippen molar-refractivity contribution in [3.63, 3.8) is 0 Å². The average molecular weight is 208 g/mol. The highest BCUT2D eigenvalue weighted by Crippen LogP contribution is 2.11. The van der Waals surface area contributed by atoms with Gasteiger partial charge < -0.3 is 5.11 Å². The Morgan fingerprint density at radius 2 is 2.27 bits per heavy atom. The van der Waals surface area contributed by atoms with E-state index < -0.39 is 5.97 Å². The first-order chi connectivity index (χ1) is 7.09. The summed E-state index contributed by atoms with van der Waals surface area (Å²) in [7, 11) is 0. The van der Waals surface area contributed by atoms with Crippen molar-refractivity contribution < 1.29 is 14.3 Å². The van der Waals surface area contributed by atoms with Gasteiger partial charge in [-0.3, -0.25) is 4.79 Å². The second-order valence-electron chi connectivity index (χ2n) is 3.34. The lowest BCUT2D eigenvalue weighted by atomic mass is 10.1. The zero-order valence-corrected chi connectivity index (χ0v) is 8.53. The highest BCUT2D eigenvalue weighted by Gasteiger charge is 1.96. The largest absolute Gasteiger partial charge is 0.481 e. The fourth-order valence-corrected chi connectivity index (χ4v) is 1.20. The molecule has 3 heteroatoms. The van der Waals surface area contributed by atoms with Gasteiger partial charge in [0.2, 0.25) is 0 Å². The Bertz CT molecular complexity index is 383. The van der Waals surface area contributed by atoms with Gasteiger partial charge >= 0.3 is 5.97 Å². The van der Waals surface area contributed by atoms with Gasteiger partial charge in [0.15, 0.2) is 0 Å². The number of hydrogen-bond acceptors (Lipinski definition) is 1. The second-order valence-corrected chi connectivity index (χ2v) is 3.34. The summed E-state index contributed by atoms with van der Waals surface area (Å²) in [6.07, 6.45) is 4.19. The number of rotatable bonds is 4. The quantitative estimate of drug-likeness (QED) is 0.825. The maximum atomic E-state index is 12.9. The van der Waals surface area contributed by atoms with E-state index in [-0.39, 0.29) is 12.2 Å². The Morgan fingerprint density at radius 3 is 2.87 bits per heavy atom. The zero-order valence-electron chi connectivity index (χ0n) is 8.53. The van der Waals surface area contributed by atoms with Gasteiger partial charge in [-0.1, -0.05) is 18.2 Å². The van der Waals surface area contributed by atoms with Crippen LogP contribution in [0, 0.1) is 12.7 Å². The molecule has 0 fully saturated rings. The first-order valence-electron chi connectivity index (χ1n) is 4.74. The van der Waals surface area contributed by atoms with E-state index in [2.05, 4.69) is 0 Å². The third kappa shape index (κ3) is 3.94. The molecular formula is C12H13FO2. The molecule has 15 heavy (non-hydrogen) atoms. The number of halogens is 1. The number of carboxylic acids is 1. The van der Waals surface area contributed by atoms with E-state index in [0.717, 1.165) is 5.56 Å². The van der Waals surface area contributed by atoms with Gasteiger partial charge in [-0.15, -0.1) is 0 Å². The molecular weight excluding hydrogens is 195 g/mol. The maximum Gasteiger partial charge on any atom is 0.303 e. The van der Waals surface area contributed by atoms with Crippen molar-refractivity contribution in [1.29, 1.82) is 0 Å². The SMILES string of the molecule is Cc1cc(C=CCCC(=O)O)ccc1F. The molecule has 1 aromatic rings. The molecule has 0 atom stereocenters. The minimum absolute atomic E-state index is 0.122. The number of benzene rings is 1. The molecule has 0 saturated heterocycles. The zero-order chi connectivity index (χ0) is 11.3. The fourth-order valence-electron chi connectivity index (χ4n) is 1.20. The Labute approximate surface area is 88.1 Å². The molecule has 0 aromatic heterocycles. The number of aliphatic carboxylic acids is 1. The number of carbonyl (C=O) groups is 1. The Hall–Kier alpha value is -1.64. The molecule has 0 aliphatic heterocycles. The summed E-state index contributed by atoms with van der Waals surface area (Å²) < 4.78 is 12.9. The maximum absolute atomic E-state index is 12.9. The topological polar surface area (TPSA) is 37.3 Å². The van der Waals surface area contributed by atoms with Gasteiger partial charge in [0, 0.05) is 6.42 Å². The second kappa shape index (κ2) is 5.29. The van der Waals surface area contributed by atoms with E-state index in [9.17, 15) is 9.18 Å². The van der Waals surface area contributed by atoms with Crippen LogP contribution in [0.5, 0.6) is 0 Å². The third-order valence-corrected chi connectivity index (χ3v) is 2.02. The molecule has 0 aliphatic rings. The Balaban J connectivity index is 2.57. The fraction of sp³-hybridized carbons (Fsp3) is 0.250.